The SMILES string of the molecule is CC(C)C(=O)Nc1ccccc1-c1nc(-c2ccccc2)no1. The predicted octanol–water partition coefficient (Wildman–Crippen LogP) is 4.00. The summed E-state index contributed by atoms with van der Waals surface area (Å²) in [6.07, 6.45) is 0. The van der Waals surface area contributed by atoms with Crippen LogP contribution in [0.15, 0.2) is 59.1 Å². The van der Waals surface area contributed by atoms with E-state index in [9.17, 15) is 4.79 Å². The topological polar surface area (TPSA) is 68.0 Å². The molecule has 3 rings (SSSR count). The van der Waals surface area contributed by atoms with E-state index in [1.54, 1.807) is 0 Å². The van der Waals surface area contributed by atoms with Crippen molar-refractivity contribution in [2.75, 3.05) is 5.32 Å². The van der Waals surface area contributed by atoms with Gasteiger partial charge in [-0.1, -0.05) is 61.5 Å². The number of hydrogen-bond acceptors (Lipinski definition) is 4. The molecule has 0 saturated heterocycles. The molecule has 23 heavy (non-hydrogen) atoms. The first-order chi connectivity index (χ1) is 11.1. The molecule has 0 aliphatic carbocycles. The molecule has 0 aliphatic rings. The average molecular weight is 307 g/mol. The van der Waals surface area contributed by atoms with E-state index in [-0.39, 0.29) is 11.8 Å². The summed E-state index contributed by atoms with van der Waals surface area (Å²) in [7, 11) is 0. The number of benzene rings is 2. The van der Waals surface area contributed by atoms with Crippen LogP contribution in [0.25, 0.3) is 22.8 Å². The first-order valence-electron chi connectivity index (χ1n) is 7.44. The molecule has 1 heterocycles. The highest BCUT2D eigenvalue weighted by Gasteiger charge is 2.16. The molecule has 0 unspecified atom stereocenters. The van der Waals surface area contributed by atoms with Crippen molar-refractivity contribution in [3.8, 4) is 22.8 Å². The van der Waals surface area contributed by atoms with Crippen LogP contribution in [-0.2, 0) is 4.79 Å². The number of aromatic nitrogens is 2. The lowest BCUT2D eigenvalue weighted by atomic mass is 10.1. The van der Waals surface area contributed by atoms with Crippen molar-refractivity contribution in [1.82, 2.24) is 10.1 Å². The molecule has 116 valence electrons. The fourth-order valence-corrected chi connectivity index (χ4v) is 2.09. The van der Waals surface area contributed by atoms with Crippen molar-refractivity contribution in [3.63, 3.8) is 0 Å². The number of anilines is 1. The van der Waals surface area contributed by atoms with Gasteiger partial charge < -0.3 is 9.84 Å². The number of carbonyl (C=O) groups excluding carboxylic acids is 1. The Morgan fingerprint density at radius 3 is 2.48 bits per heavy atom. The summed E-state index contributed by atoms with van der Waals surface area (Å²) >= 11 is 0. The zero-order valence-corrected chi connectivity index (χ0v) is 13.0. The Labute approximate surface area is 134 Å². The number of nitrogens with zero attached hydrogens (tertiary/aromatic N) is 2. The molecule has 0 saturated carbocycles. The lowest BCUT2D eigenvalue weighted by molar-refractivity contribution is -0.118. The molecule has 5 nitrogen and oxygen atoms in total. The molecule has 0 atom stereocenters. The first-order valence-corrected chi connectivity index (χ1v) is 7.44. The predicted molar refractivity (Wildman–Crippen MR) is 88.6 cm³/mol. The first kappa shape index (κ1) is 15.0. The lowest BCUT2D eigenvalue weighted by Crippen LogP contribution is -2.18. The van der Waals surface area contributed by atoms with Crippen LogP contribution in [0.3, 0.4) is 0 Å². The van der Waals surface area contributed by atoms with Gasteiger partial charge in [0.15, 0.2) is 0 Å². The van der Waals surface area contributed by atoms with E-state index in [0.717, 1.165) is 5.56 Å². The maximum Gasteiger partial charge on any atom is 0.260 e. The number of carbonyl (C=O) groups is 1. The van der Waals surface area contributed by atoms with E-state index in [0.29, 0.717) is 23.0 Å². The molecule has 0 fully saturated rings. The quantitative estimate of drug-likeness (QED) is 0.791. The minimum absolute atomic E-state index is 0.0553. The Morgan fingerprint density at radius 2 is 1.74 bits per heavy atom. The molecular weight excluding hydrogens is 290 g/mol. The second kappa shape index (κ2) is 6.44. The smallest absolute Gasteiger partial charge is 0.260 e. The molecule has 0 radical (unpaired) electrons. The van der Waals surface area contributed by atoms with Crippen LogP contribution >= 0.6 is 0 Å². The number of amides is 1. The standard InChI is InChI=1S/C18H17N3O2/c1-12(2)17(22)19-15-11-7-6-10-14(15)18-20-16(21-23-18)13-8-4-3-5-9-13/h3-12H,1-2H3,(H,19,22). The normalized spacial score (nSPS) is 10.7. The van der Waals surface area contributed by atoms with Crippen LogP contribution < -0.4 is 5.32 Å². The van der Waals surface area contributed by atoms with Gasteiger partial charge in [0.05, 0.1) is 11.3 Å². The molecule has 1 amide bonds. The van der Waals surface area contributed by atoms with Gasteiger partial charge >= 0.3 is 0 Å². The van der Waals surface area contributed by atoms with Crippen molar-refractivity contribution >= 4 is 11.6 Å². The molecule has 1 aromatic heterocycles. The summed E-state index contributed by atoms with van der Waals surface area (Å²) in [6, 6.07) is 17.0. The van der Waals surface area contributed by atoms with Crippen LogP contribution in [0.1, 0.15) is 13.8 Å². The van der Waals surface area contributed by atoms with Crippen LogP contribution in [-0.4, -0.2) is 16.0 Å². The minimum atomic E-state index is -0.106. The highest BCUT2D eigenvalue weighted by molar-refractivity contribution is 5.95. The molecule has 5 heteroatoms. The molecule has 0 spiro atoms. The van der Waals surface area contributed by atoms with Gasteiger partial charge in [-0.15, -0.1) is 0 Å². The monoisotopic (exact) mass is 307 g/mol. The third kappa shape index (κ3) is 3.29. The Hall–Kier alpha value is -2.95. The Bertz CT molecular complexity index is 810. The van der Waals surface area contributed by atoms with Crippen molar-refractivity contribution in [1.29, 1.82) is 0 Å². The van der Waals surface area contributed by atoms with Crippen LogP contribution in [0.4, 0.5) is 5.69 Å². The summed E-state index contributed by atoms with van der Waals surface area (Å²) in [5.41, 5.74) is 2.25. The van der Waals surface area contributed by atoms with E-state index < -0.39 is 0 Å². The molecular formula is C18H17N3O2. The van der Waals surface area contributed by atoms with Gasteiger partial charge in [-0.3, -0.25) is 4.79 Å². The zero-order valence-electron chi connectivity index (χ0n) is 13.0. The van der Waals surface area contributed by atoms with Crippen molar-refractivity contribution in [2.24, 2.45) is 5.92 Å². The Balaban J connectivity index is 1.94. The molecule has 1 N–H and O–H groups in total. The maximum absolute atomic E-state index is 11.9. The van der Waals surface area contributed by atoms with Crippen molar-refractivity contribution in [3.05, 3.63) is 54.6 Å². The van der Waals surface area contributed by atoms with E-state index >= 15 is 0 Å². The van der Waals surface area contributed by atoms with Crippen molar-refractivity contribution < 1.29 is 9.32 Å². The largest absolute Gasteiger partial charge is 0.334 e. The maximum atomic E-state index is 11.9. The van der Waals surface area contributed by atoms with E-state index in [2.05, 4.69) is 15.5 Å². The highest BCUT2D eigenvalue weighted by atomic mass is 16.5. The Kier molecular flexibility index (Phi) is 4.19. The number of para-hydroxylation sites is 1. The fraction of sp³-hybridized carbons (Fsp3) is 0.167. The van der Waals surface area contributed by atoms with Gasteiger partial charge in [-0.05, 0) is 12.1 Å². The third-order valence-electron chi connectivity index (χ3n) is 3.40. The molecule has 2 aromatic carbocycles. The molecule has 3 aromatic rings. The van der Waals surface area contributed by atoms with Gasteiger partial charge in [0.25, 0.3) is 5.89 Å². The van der Waals surface area contributed by atoms with E-state index in [4.69, 9.17) is 4.52 Å². The average Bonchev–Trinajstić information content (AvgIpc) is 3.06. The van der Waals surface area contributed by atoms with E-state index in [1.165, 1.54) is 0 Å². The second-order valence-electron chi connectivity index (χ2n) is 5.48. The third-order valence-corrected chi connectivity index (χ3v) is 3.40. The van der Waals surface area contributed by atoms with Gasteiger partial charge in [-0.2, -0.15) is 4.98 Å². The van der Waals surface area contributed by atoms with Crippen molar-refractivity contribution in [2.45, 2.75) is 13.8 Å². The van der Waals surface area contributed by atoms with Crippen LogP contribution in [0.5, 0.6) is 0 Å². The summed E-state index contributed by atoms with van der Waals surface area (Å²) in [5, 5.41) is 6.91. The van der Waals surface area contributed by atoms with Crippen LogP contribution in [0, 0.1) is 5.92 Å². The van der Waals surface area contributed by atoms with Crippen LogP contribution in [0.2, 0.25) is 0 Å². The summed E-state index contributed by atoms with van der Waals surface area (Å²) in [5.74, 6) is 0.736. The zero-order chi connectivity index (χ0) is 16.2. The molecule has 0 bridgehead atoms. The number of rotatable bonds is 4. The second-order valence-corrected chi connectivity index (χ2v) is 5.48. The van der Waals surface area contributed by atoms with Gasteiger partial charge in [0.1, 0.15) is 0 Å². The molecule has 0 aliphatic heterocycles. The summed E-state index contributed by atoms with van der Waals surface area (Å²) < 4.78 is 5.38. The highest BCUT2D eigenvalue weighted by Crippen LogP contribution is 2.28. The number of hydrogen-bond donors (Lipinski definition) is 1. The number of nitrogens with one attached hydrogen (secondary N) is 1. The fourth-order valence-electron chi connectivity index (χ4n) is 2.09. The summed E-state index contributed by atoms with van der Waals surface area (Å²) in [4.78, 5) is 16.4. The lowest BCUT2D eigenvalue weighted by Gasteiger charge is -2.10. The minimum Gasteiger partial charge on any atom is -0.334 e. The van der Waals surface area contributed by atoms with Gasteiger partial charge in [-0.25, -0.2) is 0 Å². The van der Waals surface area contributed by atoms with Gasteiger partial charge in [0, 0.05) is 11.5 Å². The summed E-state index contributed by atoms with van der Waals surface area (Å²) in [6.45, 7) is 3.69. The van der Waals surface area contributed by atoms with Gasteiger partial charge in [0.2, 0.25) is 11.7 Å². The Morgan fingerprint density at radius 1 is 1.04 bits per heavy atom. The van der Waals surface area contributed by atoms with E-state index in [1.807, 2.05) is 68.4 Å².